The number of fused-ring (bicyclic) bond motifs is 2. The summed E-state index contributed by atoms with van der Waals surface area (Å²) in [4.78, 5) is 0. The molecular formula is C26H22N4. The van der Waals surface area contributed by atoms with Crippen molar-refractivity contribution in [3.05, 3.63) is 109 Å². The molecule has 0 aromatic heterocycles. The second kappa shape index (κ2) is 8.05. The van der Waals surface area contributed by atoms with E-state index in [0.29, 0.717) is 0 Å². The van der Waals surface area contributed by atoms with Gasteiger partial charge in [0, 0.05) is 0 Å². The molecule has 4 nitrogen and oxygen atoms in total. The molecule has 0 aliphatic heterocycles. The van der Waals surface area contributed by atoms with Gasteiger partial charge in [-0.15, -0.1) is 0 Å². The Kier molecular flexibility index (Phi) is 4.80. The molecule has 0 amide bonds. The highest BCUT2D eigenvalue weighted by Gasteiger charge is 1.99. The molecule has 0 radical (unpaired) electrons. The molecule has 5 aromatic carbocycles. The number of hydrogen-bond donors (Lipinski definition) is 4. The largest absolute Gasteiger partial charge is 0.301 e. The first kappa shape index (κ1) is 17.9. The molecule has 0 unspecified atom stereocenters. The molecule has 0 atom stereocenters. The predicted octanol–water partition coefficient (Wildman–Crippen LogP) is 6.87. The number of anilines is 4. The zero-order valence-corrected chi connectivity index (χ0v) is 16.4. The SMILES string of the molecule is c1ccc2cc(NNc3ccc(NNc4ccc5ccccc5c4)cc3)ccc2c1. The average Bonchev–Trinajstić information content (AvgIpc) is 2.82. The van der Waals surface area contributed by atoms with Gasteiger partial charge in [-0.05, 0) is 70.1 Å². The monoisotopic (exact) mass is 390 g/mol. The smallest absolute Gasteiger partial charge is 0.0546 e. The van der Waals surface area contributed by atoms with Crippen molar-refractivity contribution in [1.82, 2.24) is 0 Å². The van der Waals surface area contributed by atoms with Crippen LogP contribution in [0.15, 0.2) is 109 Å². The van der Waals surface area contributed by atoms with Crippen LogP contribution in [0.25, 0.3) is 21.5 Å². The Balaban J connectivity index is 1.19. The molecule has 0 heterocycles. The van der Waals surface area contributed by atoms with E-state index in [1.807, 2.05) is 24.3 Å². The highest BCUT2D eigenvalue weighted by atomic mass is 15.4. The van der Waals surface area contributed by atoms with Crippen molar-refractivity contribution in [1.29, 1.82) is 0 Å². The van der Waals surface area contributed by atoms with E-state index in [1.165, 1.54) is 21.5 Å². The third-order valence-corrected chi connectivity index (χ3v) is 5.09. The summed E-state index contributed by atoms with van der Waals surface area (Å²) in [6.07, 6.45) is 0. The van der Waals surface area contributed by atoms with Crippen LogP contribution in [0.5, 0.6) is 0 Å². The summed E-state index contributed by atoms with van der Waals surface area (Å²) < 4.78 is 0. The maximum atomic E-state index is 3.26. The molecule has 0 spiro atoms. The molecule has 5 rings (SSSR count). The summed E-state index contributed by atoms with van der Waals surface area (Å²) in [5, 5.41) is 4.89. The fraction of sp³-hybridized carbons (Fsp3) is 0. The van der Waals surface area contributed by atoms with Crippen LogP contribution < -0.4 is 21.7 Å². The van der Waals surface area contributed by atoms with Crippen molar-refractivity contribution >= 4 is 44.3 Å². The van der Waals surface area contributed by atoms with Crippen LogP contribution in [0.2, 0.25) is 0 Å². The van der Waals surface area contributed by atoms with Crippen LogP contribution in [0.1, 0.15) is 0 Å². The minimum Gasteiger partial charge on any atom is -0.301 e. The van der Waals surface area contributed by atoms with Crippen molar-refractivity contribution in [2.75, 3.05) is 21.7 Å². The quantitative estimate of drug-likeness (QED) is 0.239. The van der Waals surface area contributed by atoms with Crippen LogP contribution >= 0.6 is 0 Å². The van der Waals surface area contributed by atoms with Gasteiger partial charge in [-0.3, -0.25) is 0 Å². The molecule has 0 fully saturated rings. The Morgan fingerprint density at radius 2 is 0.633 bits per heavy atom. The van der Waals surface area contributed by atoms with Gasteiger partial charge < -0.3 is 21.7 Å². The molecule has 5 aromatic rings. The summed E-state index contributed by atoms with van der Waals surface area (Å²) in [5.41, 5.74) is 17.0. The van der Waals surface area contributed by atoms with Gasteiger partial charge in [0.05, 0.1) is 22.7 Å². The summed E-state index contributed by atoms with van der Waals surface area (Å²) in [6.45, 7) is 0. The first-order valence-electron chi connectivity index (χ1n) is 9.95. The minimum absolute atomic E-state index is 0.986. The van der Waals surface area contributed by atoms with E-state index in [-0.39, 0.29) is 0 Å². The molecule has 4 N–H and O–H groups in total. The molecule has 0 bridgehead atoms. The highest BCUT2D eigenvalue weighted by molar-refractivity contribution is 5.86. The lowest BCUT2D eigenvalue weighted by Gasteiger charge is -2.13. The zero-order valence-electron chi connectivity index (χ0n) is 16.4. The third kappa shape index (κ3) is 3.98. The highest BCUT2D eigenvalue weighted by Crippen LogP contribution is 2.21. The lowest BCUT2D eigenvalue weighted by atomic mass is 10.1. The third-order valence-electron chi connectivity index (χ3n) is 5.09. The number of benzene rings is 5. The molecule has 146 valence electrons. The van der Waals surface area contributed by atoms with E-state index in [1.54, 1.807) is 0 Å². The average molecular weight is 390 g/mol. The van der Waals surface area contributed by atoms with Gasteiger partial charge in [0.1, 0.15) is 0 Å². The number of hydrogen-bond acceptors (Lipinski definition) is 4. The standard InChI is InChI=1S/C26H22N4/c1-3-7-21-17-25(11-9-19(21)5-1)29-27-23-13-15-24(16-14-23)28-30-26-12-10-20-6-2-4-8-22(20)18-26/h1-18,27-30H. The van der Waals surface area contributed by atoms with Crippen LogP contribution in [0.4, 0.5) is 22.7 Å². The Hall–Kier alpha value is -4.18. The van der Waals surface area contributed by atoms with Crippen LogP contribution in [-0.2, 0) is 0 Å². The van der Waals surface area contributed by atoms with Crippen molar-refractivity contribution in [3.63, 3.8) is 0 Å². The van der Waals surface area contributed by atoms with Gasteiger partial charge in [-0.1, -0.05) is 60.7 Å². The second-order valence-corrected chi connectivity index (χ2v) is 7.20. The lowest BCUT2D eigenvalue weighted by molar-refractivity contribution is 1.39. The minimum atomic E-state index is 0.986. The van der Waals surface area contributed by atoms with Crippen LogP contribution in [-0.4, -0.2) is 0 Å². The van der Waals surface area contributed by atoms with E-state index in [4.69, 9.17) is 0 Å². The van der Waals surface area contributed by atoms with Crippen molar-refractivity contribution < 1.29 is 0 Å². The zero-order chi connectivity index (χ0) is 20.2. The molecule has 0 aliphatic rings. The number of nitrogens with one attached hydrogen (secondary N) is 4. The van der Waals surface area contributed by atoms with Gasteiger partial charge in [0.25, 0.3) is 0 Å². The van der Waals surface area contributed by atoms with E-state index in [0.717, 1.165) is 22.7 Å². The fourth-order valence-electron chi connectivity index (χ4n) is 3.46. The van der Waals surface area contributed by atoms with E-state index >= 15 is 0 Å². The lowest BCUT2D eigenvalue weighted by Crippen LogP contribution is -2.10. The first-order valence-corrected chi connectivity index (χ1v) is 9.95. The second-order valence-electron chi connectivity index (χ2n) is 7.20. The Morgan fingerprint density at radius 3 is 1.07 bits per heavy atom. The first-order chi connectivity index (χ1) is 14.8. The molecule has 30 heavy (non-hydrogen) atoms. The van der Waals surface area contributed by atoms with Crippen LogP contribution in [0, 0.1) is 0 Å². The Morgan fingerprint density at radius 1 is 0.300 bits per heavy atom. The maximum Gasteiger partial charge on any atom is 0.0546 e. The Labute approximate surface area is 175 Å². The van der Waals surface area contributed by atoms with Gasteiger partial charge in [-0.2, -0.15) is 0 Å². The predicted molar refractivity (Wildman–Crippen MR) is 129 cm³/mol. The van der Waals surface area contributed by atoms with Crippen molar-refractivity contribution in [2.24, 2.45) is 0 Å². The Bertz CT molecular complexity index is 1190. The summed E-state index contributed by atoms with van der Waals surface area (Å²) in [7, 11) is 0. The van der Waals surface area contributed by atoms with Gasteiger partial charge in [-0.25, -0.2) is 0 Å². The molecule has 0 saturated carbocycles. The molecular weight excluding hydrogens is 368 g/mol. The normalized spacial score (nSPS) is 10.7. The molecule has 0 saturated heterocycles. The summed E-state index contributed by atoms with van der Waals surface area (Å²) in [5.74, 6) is 0. The van der Waals surface area contributed by atoms with Gasteiger partial charge in [0.15, 0.2) is 0 Å². The van der Waals surface area contributed by atoms with E-state index in [2.05, 4.69) is 107 Å². The summed E-state index contributed by atoms with van der Waals surface area (Å²) >= 11 is 0. The fourth-order valence-corrected chi connectivity index (χ4v) is 3.46. The van der Waals surface area contributed by atoms with E-state index in [9.17, 15) is 0 Å². The van der Waals surface area contributed by atoms with Crippen LogP contribution in [0.3, 0.4) is 0 Å². The van der Waals surface area contributed by atoms with Gasteiger partial charge >= 0.3 is 0 Å². The van der Waals surface area contributed by atoms with E-state index < -0.39 is 0 Å². The van der Waals surface area contributed by atoms with Gasteiger partial charge in [0.2, 0.25) is 0 Å². The summed E-state index contributed by atoms with van der Waals surface area (Å²) in [6, 6.07) is 37.4. The topological polar surface area (TPSA) is 48.1 Å². The molecule has 0 aliphatic carbocycles. The van der Waals surface area contributed by atoms with Crippen molar-refractivity contribution in [3.8, 4) is 0 Å². The maximum absolute atomic E-state index is 3.26. The molecule has 4 heteroatoms. The number of rotatable bonds is 6. The van der Waals surface area contributed by atoms with Crippen molar-refractivity contribution in [2.45, 2.75) is 0 Å². The number of hydrazine groups is 2.